The van der Waals surface area contributed by atoms with Crippen molar-refractivity contribution in [3.63, 3.8) is 0 Å². The normalized spacial score (nSPS) is 16.6. The first-order valence-corrected chi connectivity index (χ1v) is 7.90. The van der Waals surface area contributed by atoms with Crippen LogP contribution >= 0.6 is 0 Å². The molecule has 0 saturated heterocycles. The Balaban J connectivity index is 2.23. The predicted octanol–water partition coefficient (Wildman–Crippen LogP) is 2.59. The van der Waals surface area contributed by atoms with Gasteiger partial charge < -0.3 is 15.2 Å². The number of nitrogens with two attached hydrogens (primary N) is 1. The van der Waals surface area contributed by atoms with Crippen LogP contribution < -0.4 is 10.5 Å². The molecule has 1 atom stereocenters. The Hall–Kier alpha value is -2.76. The standard InChI is InChI=1S/C18H21N3O3/c1-5-23-18(22)15-14(12-7-6-9(2)8-10(12)3)13-11(4)20-21-17(13)24-16(15)19/h6-8,14H,5,19H2,1-4H3,(H,20,21). The molecule has 0 bridgehead atoms. The van der Waals surface area contributed by atoms with Crippen molar-refractivity contribution in [3.05, 3.63) is 57.6 Å². The molecule has 0 spiro atoms. The molecule has 2 aromatic rings. The van der Waals surface area contributed by atoms with Crippen molar-refractivity contribution in [2.45, 2.75) is 33.6 Å². The van der Waals surface area contributed by atoms with Gasteiger partial charge in [-0.25, -0.2) is 4.79 Å². The van der Waals surface area contributed by atoms with E-state index >= 15 is 0 Å². The van der Waals surface area contributed by atoms with Gasteiger partial charge in [-0.15, -0.1) is 5.10 Å². The van der Waals surface area contributed by atoms with Gasteiger partial charge in [0.2, 0.25) is 11.8 Å². The molecule has 3 rings (SSSR count). The van der Waals surface area contributed by atoms with E-state index in [1.807, 2.05) is 32.9 Å². The number of benzene rings is 1. The molecule has 126 valence electrons. The second-order valence-corrected chi connectivity index (χ2v) is 5.96. The summed E-state index contributed by atoms with van der Waals surface area (Å²) in [7, 11) is 0. The Morgan fingerprint density at radius 3 is 2.79 bits per heavy atom. The Morgan fingerprint density at radius 1 is 1.38 bits per heavy atom. The third-order valence-corrected chi connectivity index (χ3v) is 4.24. The number of carbonyl (C=O) groups excluding carboxylic acids is 1. The molecule has 6 heteroatoms. The molecule has 0 amide bonds. The van der Waals surface area contributed by atoms with Gasteiger partial charge in [0.1, 0.15) is 5.57 Å². The Kier molecular flexibility index (Phi) is 4.05. The maximum atomic E-state index is 12.5. The topological polar surface area (TPSA) is 90.2 Å². The minimum absolute atomic E-state index is 0.0393. The number of nitrogens with one attached hydrogen (secondary N) is 1. The third-order valence-electron chi connectivity index (χ3n) is 4.24. The van der Waals surface area contributed by atoms with E-state index < -0.39 is 5.97 Å². The number of hydrogen-bond acceptors (Lipinski definition) is 5. The van der Waals surface area contributed by atoms with E-state index in [2.05, 4.69) is 16.3 Å². The second-order valence-electron chi connectivity index (χ2n) is 5.96. The van der Waals surface area contributed by atoms with Crippen LogP contribution in [0, 0.1) is 20.8 Å². The first kappa shape index (κ1) is 16.1. The Labute approximate surface area is 140 Å². The van der Waals surface area contributed by atoms with E-state index in [9.17, 15) is 4.79 Å². The number of carbonyl (C=O) groups is 1. The summed E-state index contributed by atoms with van der Waals surface area (Å²) >= 11 is 0. The van der Waals surface area contributed by atoms with E-state index in [1.54, 1.807) is 6.92 Å². The summed E-state index contributed by atoms with van der Waals surface area (Å²) in [6.45, 7) is 7.99. The summed E-state index contributed by atoms with van der Waals surface area (Å²) in [4.78, 5) is 12.5. The van der Waals surface area contributed by atoms with E-state index in [4.69, 9.17) is 15.2 Å². The fourth-order valence-electron chi connectivity index (χ4n) is 3.17. The Morgan fingerprint density at radius 2 is 2.12 bits per heavy atom. The summed E-state index contributed by atoms with van der Waals surface area (Å²) in [6.07, 6.45) is 0. The van der Waals surface area contributed by atoms with Gasteiger partial charge in [0.15, 0.2) is 0 Å². The number of esters is 1. The fraction of sp³-hybridized carbons (Fsp3) is 0.333. The number of hydrogen-bond donors (Lipinski definition) is 2. The van der Waals surface area contributed by atoms with Crippen LogP contribution in [0.1, 0.15) is 40.8 Å². The van der Waals surface area contributed by atoms with Gasteiger partial charge in [0.05, 0.1) is 12.5 Å². The van der Waals surface area contributed by atoms with Crippen molar-refractivity contribution in [3.8, 4) is 5.88 Å². The maximum Gasteiger partial charge on any atom is 0.340 e. The summed E-state index contributed by atoms with van der Waals surface area (Å²) in [5, 5.41) is 7.07. The second kappa shape index (κ2) is 6.03. The lowest BCUT2D eigenvalue weighted by atomic mass is 9.81. The molecular weight excluding hydrogens is 306 g/mol. The van der Waals surface area contributed by atoms with Gasteiger partial charge in [-0.05, 0) is 38.8 Å². The van der Waals surface area contributed by atoms with Gasteiger partial charge >= 0.3 is 5.97 Å². The average Bonchev–Trinajstić information content (AvgIpc) is 2.87. The van der Waals surface area contributed by atoms with Gasteiger partial charge in [-0.3, -0.25) is 5.10 Å². The Bertz CT molecular complexity index is 836. The molecule has 3 N–H and O–H groups in total. The van der Waals surface area contributed by atoms with Gasteiger partial charge in [0, 0.05) is 11.3 Å². The number of aryl methyl sites for hydroxylation is 3. The zero-order valence-electron chi connectivity index (χ0n) is 14.3. The molecule has 1 aromatic carbocycles. The number of aromatic nitrogens is 2. The molecule has 0 aliphatic carbocycles. The van der Waals surface area contributed by atoms with Crippen LogP contribution in [0.5, 0.6) is 5.88 Å². The van der Waals surface area contributed by atoms with Crippen LogP contribution in [0.15, 0.2) is 29.7 Å². The zero-order valence-corrected chi connectivity index (χ0v) is 14.3. The van der Waals surface area contributed by atoms with E-state index in [0.717, 1.165) is 27.9 Å². The monoisotopic (exact) mass is 327 g/mol. The van der Waals surface area contributed by atoms with Crippen molar-refractivity contribution in [2.24, 2.45) is 5.73 Å². The van der Waals surface area contributed by atoms with E-state index in [1.165, 1.54) is 0 Å². The summed E-state index contributed by atoms with van der Waals surface area (Å²) < 4.78 is 10.8. The molecule has 24 heavy (non-hydrogen) atoms. The molecule has 1 aliphatic heterocycles. The highest BCUT2D eigenvalue weighted by atomic mass is 16.5. The number of rotatable bonds is 3. The van der Waals surface area contributed by atoms with Crippen LogP contribution in [0.25, 0.3) is 0 Å². The largest absolute Gasteiger partial charge is 0.462 e. The van der Waals surface area contributed by atoms with Crippen LogP contribution in [-0.2, 0) is 9.53 Å². The SMILES string of the molecule is CCOC(=O)C1=C(N)Oc2n[nH]c(C)c2C1c1ccc(C)cc1C. The van der Waals surface area contributed by atoms with E-state index in [-0.39, 0.29) is 18.4 Å². The molecule has 1 unspecified atom stereocenters. The quantitative estimate of drug-likeness (QED) is 0.846. The van der Waals surface area contributed by atoms with Gasteiger partial charge in [-0.2, -0.15) is 0 Å². The molecule has 0 radical (unpaired) electrons. The maximum absolute atomic E-state index is 12.5. The lowest BCUT2D eigenvalue weighted by Crippen LogP contribution is -2.27. The fourth-order valence-corrected chi connectivity index (χ4v) is 3.17. The minimum Gasteiger partial charge on any atom is -0.462 e. The summed E-state index contributed by atoms with van der Waals surface area (Å²) in [5.74, 6) is -0.390. The number of H-pyrrole nitrogens is 1. The molecule has 1 aromatic heterocycles. The molecule has 6 nitrogen and oxygen atoms in total. The highest BCUT2D eigenvalue weighted by molar-refractivity contribution is 5.92. The molecule has 0 saturated carbocycles. The van der Waals surface area contributed by atoms with Crippen molar-refractivity contribution in [1.29, 1.82) is 0 Å². The lowest BCUT2D eigenvalue weighted by Gasteiger charge is -2.27. The highest BCUT2D eigenvalue weighted by Crippen LogP contribution is 2.44. The number of fused-ring (bicyclic) bond motifs is 1. The summed E-state index contributed by atoms with van der Waals surface area (Å²) in [5.41, 5.74) is 11.2. The first-order valence-electron chi connectivity index (χ1n) is 7.90. The molecule has 1 aliphatic rings. The molecule has 0 fully saturated rings. The van der Waals surface area contributed by atoms with Crippen molar-refractivity contribution in [2.75, 3.05) is 6.61 Å². The first-order chi connectivity index (χ1) is 11.4. The lowest BCUT2D eigenvalue weighted by molar-refractivity contribution is -0.139. The van der Waals surface area contributed by atoms with Crippen LogP contribution in [0.3, 0.4) is 0 Å². The van der Waals surface area contributed by atoms with Crippen LogP contribution in [-0.4, -0.2) is 22.8 Å². The van der Waals surface area contributed by atoms with E-state index in [0.29, 0.717) is 11.5 Å². The number of aromatic amines is 1. The summed E-state index contributed by atoms with van der Waals surface area (Å²) in [6, 6.07) is 6.12. The number of nitrogens with zero attached hydrogens (tertiary/aromatic N) is 1. The zero-order chi connectivity index (χ0) is 17.4. The van der Waals surface area contributed by atoms with Crippen molar-refractivity contribution >= 4 is 5.97 Å². The number of ether oxygens (including phenoxy) is 2. The van der Waals surface area contributed by atoms with Crippen molar-refractivity contribution in [1.82, 2.24) is 10.2 Å². The minimum atomic E-state index is -0.466. The molecule has 2 heterocycles. The highest BCUT2D eigenvalue weighted by Gasteiger charge is 2.38. The average molecular weight is 327 g/mol. The van der Waals surface area contributed by atoms with Crippen molar-refractivity contribution < 1.29 is 14.3 Å². The predicted molar refractivity (Wildman–Crippen MR) is 89.6 cm³/mol. The van der Waals surface area contributed by atoms with Gasteiger partial charge in [-0.1, -0.05) is 23.8 Å². The molecular formula is C18H21N3O3. The smallest absolute Gasteiger partial charge is 0.340 e. The van der Waals surface area contributed by atoms with Gasteiger partial charge in [0.25, 0.3) is 0 Å². The third kappa shape index (κ3) is 2.54. The van der Waals surface area contributed by atoms with Crippen LogP contribution in [0.4, 0.5) is 0 Å². The van der Waals surface area contributed by atoms with Crippen LogP contribution in [0.2, 0.25) is 0 Å².